The summed E-state index contributed by atoms with van der Waals surface area (Å²) in [4.78, 5) is 0. The molecule has 2 aliphatic rings. The Bertz CT molecular complexity index is 230. The van der Waals surface area contributed by atoms with Crippen molar-refractivity contribution in [3.8, 4) is 0 Å². The van der Waals surface area contributed by atoms with Gasteiger partial charge in [0.1, 0.15) is 6.17 Å². The van der Waals surface area contributed by atoms with Gasteiger partial charge in [0.2, 0.25) is 0 Å². The summed E-state index contributed by atoms with van der Waals surface area (Å²) in [5, 5.41) is 0.743. The van der Waals surface area contributed by atoms with Crippen molar-refractivity contribution in [2.24, 2.45) is 11.3 Å². The predicted octanol–water partition coefficient (Wildman–Crippen LogP) is 3.24. The van der Waals surface area contributed by atoms with Crippen LogP contribution >= 0.6 is 15.9 Å². The SMILES string of the molecule is FC1C=CC=CC1(CBr)C1CC1. The Balaban J connectivity index is 2.25. The normalized spacial score (nSPS) is 40.3. The van der Waals surface area contributed by atoms with Crippen molar-refractivity contribution >= 4 is 15.9 Å². The molecule has 2 rings (SSSR count). The standard InChI is InChI=1S/C10H12BrF/c11-7-10(8-4-5-8)6-2-1-3-9(10)12/h1-3,6,8-9H,4-5,7H2. The molecule has 2 atom stereocenters. The van der Waals surface area contributed by atoms with Crippen LogP contribution < -0.4 is 0 Å². The van der Waals surface area contributed by atoms with Crippen molar-refractivity contribution in [2.45, 2.75) is 19.0 Å². The third kappa shape index (κ3) is 1.17. The van der Waals surface area contributed by atoms with Crippen LogP contribution in [0.4, 0.5) is 4.39 Å². The number of rotatable bonds is 2. The predicted molar refractivity (Wildman–Crippen MR) is 52.1 cm³/mol. The number of alkyl halides is 2. The van der Waals surface area contributed by atoms with Gasteiger partial charge in [0.05, 0.1) is 0 Å². The third-order valence-corrected chi connectivity index (χ3v) is 3.85. The highest BCUT2D eigenvalue weighted by molar-refractivity contribution is 9.09. The number of halogens is 2. The first-order chi connectivity index (χ1) is 5.79. The molecule has 0 spiro atoms. The summed E-state index contributed by atoms with van der Waals surface area (Å²) < 4.78 is 13.6. The van der Waals surface area contributed by atoms with E-state index >= 15 is 0 Å². The second-order valence-electron chi connectivity index (χ2n) is 3.67. The lowest BCUT2D eigenvalue weighted by Crippen LogP contribution is -2.34. The van der Waals surface area contributed by atoms with E-state index in [-0.39, 0.29) is 5.41 Å². The Hall–Kier alpha value is -0.110. The molecule has 0 saturated heterocycles. The lowest BCUT2D eigenvalue weighted by atomic mass is 9.77. The van der Waals surface area contributed by atoms with Crippen LogP contribution in [0.3, 0.4) is 0 Å². The van der Waals surface area contributed by atoms with E-state index in [1.807, 2.05) is 12.2 Å². The largest absolute Gasteiger partial charge is 0.242 e. The van der Waals surface area contributed by atoms with Crippen molar-refractivity contribution in [1.82, 2.24) is 0 Å². The molecule has 0 N–H and O–H groups in total. The molecule has 2 unspecified atom stereocenters. The van der Waals surface area contributed by atoms with Crippen LogP contribution in [0, 0.1) is 11.3 Å². The second-order valence-corrected chi connectivity index (χ2v) is 4.23. The van der Waals surface area contributed by atoms with Crippen LogP contribution in [-0.2, 0) is 0 Å². The minimum atomic E-state index is -0.797. The highest BCUT2D eigenvalue weighted by Gasteiger charge is 2.48. The number of hydrogen-bond acceptors (Lipinski definition) is 0. The number of allylic oxidation sites excluding steroid dienone is 4. The van der Waals surface area contributed by atoms with Crippen LogP contribution in [-0.4, -0.2) is 11.5 Å². The third-order valence-electron chi connectivity index (χ3n) is 2.88. The molecule has 0 radical (unpaired) electrons. The van der Waals surface area contributed by atoms with E-state index in [1.54, 1.807) is 12.2 Å². The lowest BCUT2D eigenvalue weighted by Gasteiger charge is -2.32. The summed E-state index contributed by atoms with van der Waals surface area (Å²) in [6.07, 6.45) is 9.04. The summed E-state index contributed by atoms with van der Waals surface area (Å²) in [6, 6.07) is 0. The van der Waals surface area contributed by atoms with Gasteiger partial charge in [-0.25, -0.2) is 4.39 Å². The van der Waals surface area contributed by atoms with Crippen molar-refractivity contribution in [3.05, 3.63) is 24.3 Å². The van der Waals surface area contributed by atoms with E-state index in [9.17, 15) is 4.39 Å². The van der Waals surface area contributed by atoms with Gasteiger partial charge in [0, 0.05) is 10.7 Å². The molecule has 1 saturated carbocycles. The average molecular weight is 231 g/mol. The van der Waals surface area contributed by atoms with Gasteiger partial charge in [-0.3, -0.25) is 0 Å². The monoisotopic (exact) mass is 230 g/mol. The molecule has 2 heteroatoms. The van der Waals surface area contributed by atoms with Crippen LogP contribution in [0.15, 0.2) is 24.3 Å². The summed E-state index contributed by atoms with van der Waals surface area (Å²) in [5.74, 6) is 0.563. The Labute approximate surface area is 80.7 Å². The molecule has 2 aliphatic carbocycles. The van der Waals surface area contributed by atoms with Crippen LogP contribution in [0.5, 0.6) is 0 Å². The van der Waals surface area contributed by atoms with Crippen molar-refractivity contribution in [2.75, 3.05) is 5.33 Å². The molecule has 0 aromatic heterocycles. The molecule has 0 heterocycles. The number of hydrogen-bond donors (Lipinski definition) is 0. The molecular formula is C10H12BrF. The highest BCUT2D eigenvalue weighted by atomic mass is 79.9. The van der Waals surface area contributed by atoms with Gasteiger partial charge in [0.15, 0.2) is 0 Å². The summed E-state index contributed by atoms with van der Waals surface area (Å²) >= 11 is 3.42. The minimum absolute atomic E-state index is 0.227. The summed E-state index contributed by atoms with van der Waals surface area (Å²) in [6.45, 7) is 0. The van der Waals surface area contributed by atoms with Crippen LogP contribution in [0.2, 0.25) is 0 Å². The highest BCUT2D eigenvalue weighted by Crippen LogP contribution is 2.51. The van der Waals surface area contributed by atoms with Gasteiger partial charge < -0.3 is 0 Å². The molecule has 0 aromatic rings. The molecule has 66 valence electrons. The van der Waals surface area contributed by atoms with Gasteiger partial charge >= 0.3 is 0 Å². The van der Waals surface area contributed by atoms with E-state index in [1.165, 1.54) is 12.8 Å². The van der Waals surface area contributed by atoms with Gasteiger partial charge in [-0.15, -0.1) is 0 Å². The van der Waals surface area contributed by atoms with E-state index in [4.69, 9.17) is 0 Å². The Morgan fingerprint density at radius 3 is 2.67 bits per heavy atom. The molecule has 1 fully saturated rings. The molecule has 0 bridgehead atoms. The zero-order valence-corrected chi connectivity index (χ0v) is 8.43. The first-order valence-corrected chi connectivity index (χ1v) is 5.48. The maximum Gasteiger partial charge on any atom is 0.129 e. The van der Waals surface area contributed by atoms with Crippen molar-refractivity contribution < 1.29 is 4.39 Å². The average Bonchev–Trinajstić information content (AvgIpc) is 2.89. The van der Waals surface area contributed by atoms with E-state index < -0.39 is 6.17 Å². The molecule has 12 heavy (non-hydrogen) atoms. The Morgan fingerprint density at radius 2 is 2.17 bits per heavy atom. The minimum Gasteiger partial charge on any atom is -0.242 e. The molecular weight excluding hydrogens is 219 g/mol. The molecule has 0 amide bonds. The summed E-state index contributed by atoms with van der Waals surface area (Å²) in [5.41, 5.74) is -0.227. The lowest BCUT2D eigenvalue weighted by molar-refractivity contribution is 0.196. The van der Waals surface area contributed by atoms with E-state index in [0.29, 0.717) is 5.92 Å². The van der Waals surface area contributed by atoms with Crippen LogP contribution in [0.1, 0.15) is 12.8 Å². The first-order valence-electron chi connectivity index (χ1n) is 4.35. The molecule has 0 nitrogen and oxygen atoms in total. The van der Waals surface area contributed by atoms with Crippen molar-refractivity contribution in [1.29, 1.82) is 0 Å². The second kappa shape index (κ2) is 2.99. The van der Waals surface area contributed by atoms with Gasteiger partial charge in [0.25, 0.3) is 0 Å². The van der Waals surface area contributed by atoms with Crippen LogP contribution in [0.25, 0.3) is 0 Å². The Kier molecular flexibility index (Phi) is 2.11. The fourth-order valence-electron chi connectivity index (χ4n) is 1.88. The van der Waals surface area contributed by atoms with E-state index in [2.05, 4.69) is 15.9 Å². The quantitative estimate of drug-likeness (QED) is 0.640. The van der Waals surface area contributed by atoms with Crippen molar-refractivity contribution in [3.63, 3.8) is 0 Å². The molecule has 0 aliphatic heterocycles. The van der Waals surface area contributed by atoms with Gasteiger partial charge in [-0.1, -0.05) is 34.2 Å². The first kappa shape index (κ1) is 8.49. The summed E-state index contributed by atoms with van der Waals surface area (Å²) in [7, 11) is 0. The topological polar surface area (TPSA) is 0 Å². The maximum atomic E-state index is 13.6. The van der Waals surface area contributed by atoms with E-state index in [0.717, 1.165) is 5.33 Å². The fraction of sp³-hybridized carbons (Fsp3) is 0.600. The van der Waals surface area contributed by atoms with Gasteiger partial charge in [-0.05, 0) is 24.8 Å². The maximum absolute atomic E-state index is 13.6. The van der Waals surface area contributed by atoms with Gasteiger partial charge in [-0.2, -0.15) is 0 Å². The zero-order chi connectivity index (χ0) is 8.60. The smallest absolute Gasteiger partial charge is 0.129 e. The fourth-order valence-corrected chi connectivity index (χ4v) is 2.83. The zero-order valence-electron chi connectivity index (χ0n) is 6.84. The molecule has 0 aromatic carbocycles. The Morgan fingerprint density at radius 1 is 1.42 bits per heavy atom.